The highest BCUT2D eigenvalue weighted by atomic mass is 32.3. The first kappa shape index (κ1) is 14.6. The van der Waals surface area contributed by atoms with Gasteiger partial charge in [-0.3, -0.25) is 0 Å². The minimum absolute atomic E-state index is 0.159. The summed E-state index contributed by atoms with van der Waals surface area (Å²) in [7, 11) is -6.05. The van der Waals surface area contributed by atoms with Crippen LogP contribution in [0, 0.1) is 6.92 Å². The summed E-state index contributed by atoms with van der Waals surface area (Å²) in [6.45, 7) is 1.21. The van der Waals surface area contributed by atoms with Crippen molar-refractivity contribution in [3.8, 4) is 0 Å². The van der Waals surface area contributed by atoms with E-state index in [2.05, 4.69) is 4.74 Å². The van der Waals surface area contributed by atoms with Gasteiger partial charge in [0.25, 0.3) is 0 Å². The standard InChI is InChI=1S/C9H10BFO6S/c1-5-7(9(12)17-2)3-6(10(13)14)4-8(5)18(11,15)16/h3-4,13-14H,1-2H3. The van der Waals surface area contributed by atoms with Crippen molar-refractivity contribution in [2.24, 2.45) is 0 Å². The average molecular weight is 276 g/mol. The molecule has 0 radical (unpaired) electrons. The summed E-state index contributed by atoms with van der Waals surface area (Å²) >= 11 is 0. The molecule has 0 atom stereocenters. The number of benzene rings is 1. The Hall–Kier alpha value is -1.45. The van der Waals surface area contributed by atoms with Crippen LogP contribution < -0.4 is 5.46 Å². The Kier molecular flexibility index (Phi) is 4.10. The van der Waals surface area contributed by atoms with Crippen LogP contribution in [0.5, 0.6) is 0 Å². The van der Waals surface area contributed by atoms with E-state index in [4.69, 9.17) is 10.0 Å². The molecule has 0 bridgehead atoms. The van der Waals surface area contributed by atoms with Gasteiger partial charge in [-0.05, 0) is 30.1 Å². The van der Waals surface area contributed by atoms with Crippen LogP contribution in [0.15, 0.2) is 17.0 Å². The summed E-state index contributed by atoms with van der Waals surface area (Å²) in [5.41, 5.74) is -0.731. The summed E-state index contributed by atoms with van der Waals surface area (Å²) in [6, 6.07) is 1.78. The first-order valence-corrected chi connectivity index (χ1v) is 6.10. The Morgan fingerprint density at radius 1 is 1.39 bits per heavy atom. The zero-order chi connectivity index (χ0) is 14.1. The largest absolute Gasteiger partial charge is 0.488 e. The molecule has 0 saturated heterocycles. The quantitative estimate of drug-likeness (QED) is 0.422. The average Bonchev–Trinajstić information content (AvgIpc) is 2.26. The lowest BCUT2D eigenvalue weighted by Crippen LogP contribution is -2.32. The second kappa shape index (κ2) is 5.05. The lowest BCUT2D eigenvalue weighted by Gasteiger charge is -2.10. The van der Waals surface area contributed by atoms with Gasteiger partial charge in [-0.25, -0.2) is 4.79 Å². The van der Waals surface area contributed by atoms with E-state index in [9.17, 15) is 17.1 Å². The van der Waals surface area contributed by atoms with Crippen LogP contribution in [0.25, 0.3) is 0 Å². The van der Waals surface area contributed by atoms with Crippen LogP contribution in [0.1, 0.15) is 15.9 Å². The summed E-state index contributed by atoms with van der Waals surface area (Å²) < 4.78 is 39.2. The fourth-order valence-corrected chi connectivity index (χ4v) is 2.19. The maximum atomic E-state index is 13.0. The van der Waals surface area contributed by atoms with E-state index < -0.39 is 28.2 Å². The van der Waals surface area contributed by atoms with Crippen LogP contribution in [0.2, 0.25) is 0 Å². The van der Waals surface area contributed by atoms with Gasteiger partial charge in [0.05, 0.1) is 12.7 Å². The Labute approximate surface area is 103 Å². The van der Waals surface area contributed by atoms with Crippen LogP contribution in [0.3, 0.4) is 0 Å². The van der Waals surface area contributed by atoms with E-state index in [0.717, 1.165) is 19.2 Å². The van der Waals surface area contributed by atoms with Crippen molar-refractivity contribution in [1.82, 2.24) is 0 Å². The number of hydrogen-bond donors (Lipinski definition) is 2. The second-order valence-electron chi connectivity index (χ2n) is 3.49. The molecule has 6 nitrogen and oxygen atoms in total. The molecule has 0 spiro atoms. The maximum absolute atomic E-state index is 13.0. The Balaban J connectivity index is 3.64. The molecule has 0 amide bonds. The molecule has 0 aromatic heterocycles. The van der Waals surface area contributed by atoms with Gasteiger partial charge in [-0.2, -0.15) is 8.42 Å². The minimum atomic E-state index is -5.08. The molecule has 0 aliphatic rings. The van der Waals surface area contributed by atoms with Gasteiger partial charge >= 0.3 is 23.3 Å². The molecular formula is C9H10BFO6S. The van der Waals surface area contributed by atoms with E-state index in [0.29, 0.717) is 0 Å². The van der Waals surface area contributed by atoms with Crippen molar-refractivity contribution in [3.05, 3.63) is 23.3 Å². The molecule has 18 heavy (non-hydrogen) atoms. The summed E-state index contributed by atoms with van der Waals surface area (Å²) in [4.78, 5) is 10.6. The van der Waals surface area contributed by atoms with Gasteiger partial charge < -0.3 is 14.8 Å². The monoisotopic (exact) mass is 276 g/mol. The van der Waals surface area contributed by atoms with Crippen molar-refractivity contribution in [2.45, 2.75) is 11.8 Å². The fraction of sp³-hybridized carbons (Fsp3) is 0.222. The second-order valence-corrected chi connectivity index (χ2v) is 4.81. The van der Waals surface area contributed by atoms with Crippen LogP contribution >= 0.6 is 0 Å². The SMILES string of the molecule is COC(=O)c1cc(B(O)O)cc(S(=O)(=O)F)c1C. The van der Waals surface area contributed by atoms with Crippen LogP contribution in [-0.2, 0) is 15.0 Å². The number of esters is 1. The first-order chi connectivity index (χ1) is 8.18. The van der Waals surface area contributed by atoms with Crippen molar-refractivity contribution >= 4 is 28.8 Å². The number of halogens is 1. The van der Waals surface area contributed by atoms with Gasteiger partial charge in [0.2, 0.25) is 0 Å². The smallest absolute Gasteiger partial charge is 0.465 e. The van der Waals surface area contributed by atoms with Gasteiger partial charge in [-0.15, -0.1) is 3.89 Å². The summed E-state index contributed by atoms with van der Waals surface area (Å²) in [5, 5.41) is 17.9. The maximum Gasteiger partial charge on any atom is 0.488 e. The van der Waals surface area contributed by atoms with Crippen LogP contribution in [0.4, 0.5) is 3.89 Å². The zero-order valence-electron chi connectivity index (χ0n) is 9.55. The lowest BCUT2D eigenvalue weighted by atomic mass is 9.79. The molecule has 1 aromatic rings. The topological polar surface area (TPSA) is 101 Å². The van der Waals surface area contributed by atoms with E-state index in [1.807, 2.05) is 0 Å². The molecule has 9 heteroatoms. The summed E-state index contributed by atoms with van der Waals surface area (Å²) in [6.07, 6.45) is 0. The zero-order valence-corrected chi connectivity index (χ0v) is 10.4. The molecule has 0 heterocycles. The predicted molar refractivity (Wildman–Crippen MR) is 60.6 cm³/mol. The molecule has 0 aliphatic carbocycles. The predicted octanol–water partition coefficient (Wildman–Crippen LogP) is -0.880. The Bertz CT molecular complexity index is 583. The molecular weight excluding hydrogens is 266 g/mol. The lowest BCUT2D eigenvalue weighted by molar-refractivity contribution is 0.0599. The molecule has 2 N–H and O–H groups in total. The Morgan fingerprint density at radius 2 is 1.94 bits per heavy atom. The molecule has 0 fully saturated rings. The third-order valence-electron chi connectivity index (χ3n) is 2.35. The number of ether oxygens (including phenoxy) is 1. The molecule has 0 aliphatic heterocycles. The highest BCUT2D eigenvalue weighted by molar-refractivity contribution is 7.86. The van der Waals surface area contributed by atoms with Crippen molar-refractivity contribution in [2.75, 3.05) is 7.11 Å². The Morgan fingerprint density at radius 3 is 2.33 bits per heavy atom. The van der Waals surface area contributed by atoms with Gasteiger partial charge in [-0.1, -0.05) is 0 Å². The molecule has 0 unspecified atom stereocenters. The normalized spacial score (nSPS) is 11.2. The fourth-order valence-electron chi connectivity index (χ4n) is 1.43. The third-order valence-corrected chi connectivity index (χ3v) is 3.30. The third kappa shape index (κ3) is 2.86. The van der Waals surface area contributed by atoms with Crippen LogP contribution in [-0.4, -0.2) is 38.7 Å². The molecule has 1 aromatic carbocycles. The minimum Gasteiger partial charge on any atom is -0.465 e. The highest BCUT2D eigenvalue weighted by Gasteiger charge is 2.25. The first-order valence-electron chi connectivity index (χ1n) is 4.72. The molecule has 98 valence electrons. The number of carbonyl (C=O) groups excluding carboxylic acids is 1. The van der Waals surface area contributed by atoms with Crippen molar-refractivity contribution < 1.29 is 31.9 Å². The van der Waals surface area contributed by atoms with E-state index in [1.54, 1.807) is 0 Å². The number of carbonyl (C=O) groups is 1. The van der Waals surface area contributed by atoms with Crippen molar-refractivity contribution in [3.63, 3.8) is 0 Å². The van der Waals surface area contributed by atoms with Crippen molar-refractivity contribution in [1.29, 1.82) is 0 Å². The highest BCUT2D eigenvalue weighted by Crippen LogP contribution is 2.20. The molecule has 0 saturated carbocycles. The van der Waals surface area contributed by atoms with E-state index in [1.165, 1.54) is 6.92 Å². The molecule has 1 rings (SSSR count). The number of hydrogen-bond acceptors (Lipinski definition) is 6. The van der Waals surface area contributed by atoms with E-state index >= 15 is 0 Å². The van der Waals surface area contributed by atoms with Gasteiger partial charge in [0.15, 0.2) is 0 Å². The number of methoxy groups -OCH3 is 1. The van der Waals surface area contributed by atoms with Gasteiger partial charge in [0, 0.05) is 0 Å². The number of rotatable bonds is 3. The van der Waals surface area contributed by atoms with E-state index in [-0.39, 0.29) is 16.6 Å². The van der Waals surface area contributed by atoms with Gasteiger partial charge in [0.1, 0.15) is 4.90 Å². The summed E-state index contributed by atoms with van der Waals surface area (Å²) in [5.74, 6) is -0.903.